The first-order chi connectivity index (χ1) is 15.1. The lowest BCUT2D eigenvalue weighted by Gasteiger charge is -2.12. The molecule has 1 N–H and O–H groups in total. The van der Waals surface area contributed by atoms with E-state index in [4.69, 9.17) is 14.2 Å². The Kier molecular flexibility index (Phi) is 8.06. The molecule has 7 heteroatoms. The molecule has 0 radical (unpaired) electrons. The van der Waals surface area contributed by atoms with Crippen molar-refractivity contribution in [3.05, 3.63) is 88.4 Å². The molecule has 0 aliphatic carbocycles. The van der Waals surface area contributed by atoms with Gasteiger partial charge in [-0.3, -0.25) is 4.79 Å². The number of hydrogen-bond donors (Lipinski definition) is 1. The van der Waals surface area contributed by atoms with Crippen LogP contribution in [0.5, 0.6) is 11.5 Å². The van der Waals surface area contributed by atoms with Gasteiger partial charge in [-0.2, -0.15) is 0 Å². The van der Waals surface area contributed by atoms with Crippen LogP contribution in [0.25, 0.3) is 0 Å². The number of nitrogens with one attached hydrogen (secondary N) is 1. The van der Waals surface area contributed by atoms with Crippen LogP contribution in [-0.2, 0) is 16.1 Å². The van der Waals surface area contributed by atoms with Crippen molar-refractivity contribution in [2.75, 3.05) is 18.5 Å². The molecule has 0 aliphatic heterocycles. The zero-order valence-corrected chi connectivity index (χ0v) is 18.6. The molecule has 0 saturated carbocycles. The van der Waals surface area contributed by atoms with Crippen molar-refractivity contribution in [2.45, 2.75) is 13.5 Å². The standard InChI is InChI=1S/C24H22BrNO5/c1-2-29-19-13-11-18(12-14-19)26-23(27)16-31-24(28)20-8-4-6-10-22(20)30-15-17-7-3-5-9-21(17)25/h3-14H,2,15-16H2,1H3,(H,26,27). The van der Waals surface area contributed by atoms with Crippen LogP contribution in [0, 0.1) is 0 Å². The maximum atomic E-state index is 12.5. The minimum Gasteiger partial charge on any atom is -0.494 e. The van der Waals surface area contributed by atoms with Crippen LogP contribution < -0.4 is 14.8 Å². The smallest absolute Gasteiger partial charge is 0.342 e. The molecular weight excluding hydrogens is 462 g/mol. The number of amides is 1. The Morgan fingerprint density at radius 1 is 0.903 bits per heavy atom. The molecule has 6 nitrogen and oxygen atoms in total. The second-order valence-electron chi connectivity index (χ2n) is 6.46. The Hall–Kier alpha value is -3.32. The molecule has 3 aromatic rings. The van der Waals surface area contributed by atoms with Crippen molar-refractivity contribution < 1.29 is 23.8 Å². The Labute approximate surface area is 189 Å². The molecule has 0 spiro atoms. The molecule has 0 aromatic heterocycles. The Morgan fingerprint density at radius 3 is 2.35 bits per heavy atom. The highest BCUT2D eigenvalue weighted by molar-refractivity contribution is 9.10. The van der Waals surface area contributed by atoms with Gasteiger partial charge >= 0.3 is 5.97 Å². The normalized spacial score (nSPS) is 10.3. The monoisotopic (exact) mass is 483 g/mol. The molecule has 3 rings (SSSR count). The lowest BCUT2D eigenvalue weighted by molar-refractivity contribution is -0.119. The quantitative estimate of drug-likeness (QED) is 0.422. The Balaban J connectivity index is 1.55. The number of para-hydroxylation sites is 1. The zero-order valence-electron chi connectivity index (χ0n) is 17.0. The summed E-state index contributed by atoms with van der Waals surface area (Å²) in [6, 6.07) is 21.4. The molecule has 1 amide bonds. The zero-order chi connectivity index (χ0) is 22.1. The first-order valence-electron chi connectivity index (χ1n) is 9.72. The fourth-order valence-electron chi connectivity index (χ4n) is 2.74. The third-order valence-corrected chi connectivity index (χ3v) is 5.01. The summed E-state index contributed by atoms with van der Waals surface area (Å²) in [5.74, 6) is 0.0231. The van der Waals surface area contributed by atoms with Gasteiger partial charge < -0.3 is 19.5 Å². The summed E-state index contributed by atoms with van der Waals surface area (Å²) in [4.78, 5) is 24.6. The highest BCUT2D eigenvalue weighted by Gasteiger charge is 2.16. The van der Waals surface area contributed by atoms with Crippen LogP contribution in [0.4, 0.5) is 5.69 Å². The molecule has 0 heterocycles. The predicted molar refractivity (Wildman–Crippen MR) is 121 cm³/mol. The van der Waals surface area contributed by atoms with Crippen LogP contribution >= 0.6 is 15.9 Å². The van der Waals surface area contributed by atoms with Gasteiger partial charge in [0.25, 0.3) is 5.91 Å². The molecule has 0 bridgehead atoms. The maximum absolute atomic E-state index is 12.5. The molecular formula is C24H22BrNO5. The van der Waals surface area contributed by atoms with Gasteiger partial charge in [0.15, 0.2) is 6.61 Å². The topological polar surface area (TPSA) is 73.9 Å². The Bertz CT molecular complexity index is 1040. The number of hydrogen-bond acceptors (Lipinski definition) is 5. The van der Waals surface area contributed by atoms with E-state index in [1.165, 1.54) is 0 Å². The number of benzene rings is 3. The van der Waals surface area contributed by atoms with E-state index in [1.807, 2.05) is 31.2 Å². The average molecular weight is 484 g/mol. The van der Waals surface area contributed by atoms with Gasteiger partial charge in [0.2, 0.25) is 0 Å². The van der Waals surface area contributed by atoms with Gasteiger partial charge in [0, 0.05) is 15.7 Å². The van der Waals surface area contributed by atoms with Gasteiger partial charge in [0.05, 0.1) is 6.61 Å². The van der Waals surface area contributed by atoms with E-state index in [-0.39, 0.29) is 12.2 Å². The van der Waals surface area contributed by atoms with Crippen LogP contribution in [0.2, 0.25) is 0 Å². The van der Waals surface area contributed by atoms with E-state index in [0.29, 0.717) is 23.8 Å². The number of carbonyl (C=O) groups is 2. The van der Waals surface area contributed by atoms with Crippen LogP contribution in [-0.4, -0.2) is 25.1 Å². The van der Waals surface area contributed by atoms with E-state index < -0.39 is 18.5 Å². The van der Waals surface area contributed by atoms with Crippen molar-refractivity contribution in [1.29, 1.82) is 0 Å². The number of ether oxygens (including phenoxy) is 3. The second kappa shape index (κ2) is 11.2. The lowest BCUT2D eigenvalue weighted by atomic mass is 10.2. The number of rotatable bonds is 9. The van der Waals surface area contributed by atoms with Gasteiger partial charge in [-0.25, -0.2) is 4.79 Å². The number of halogens is 1. The molecule has 160 valence electrons. The van der Waals surface area contributed by atoms with E-state index in [1.54, 1.807) is 48.5 Å². The Morgan fingerprint density at radius 2 is 1.61 bits per heavy atom. The summed E-state index contributed by atoms with van der Waals surface area (Å²) < 4.78 is 17.3. The highest BCUT2D eigenvalue weighted by atomic mass is 79.9. The first-order valence-corrected chi connectivity index (χ1v) is 10.5. The summed E-state index contributed by atoms with van der Waals surface area (Å²) >= 11 is 3.47. The van der Waals surface area contributed by atoms with Crippen LogP contribution in [0.3, 0.4) is 0 Å². The minimum absolute atomic E-state index is 0.253. The predicted octanol–water partition coefficient (Wildman–Crippen LogP) is 5.22. The van der Waals surface area contributed by atoms with Crippen molar-refractivity contribution in [3.63, 3.8) is 0 Å². The summed E-state index contributed by atoms with van der Waals surface area (Å²) in [6.07, 6.45) is 0. The van der Waals surface area contributed by atoms with Crippen LogP contribution in [0.1, 0.15) is 22.8 Å². The maximum Gasteiger partial charge on any atom is 0.342 e. The van der Waals surface area contributed by atoms with Gasteiger partial charge in [-0.05, 0) is 49.4 Å². The van der Waals surface area contributed by atoms with Crippen molar-refractivity contribution in [2.24, 2.45) is 0 Å². The summed E-state index contributed by atoms with van der Waals surface area (Å²) in [7, 11) is 0. The van der Waals surface area contributed by atoms with E-state index in [0.717, 1.165) is 10.0 Å². The van der Waals surface area contributed by atoms with E-state index in [2.05, 4.69) is 21.2 Å². The SMILES string of the molecule is CCOc1ccc(NC(=O)COC(=O)c2ccccc2OCc2ccccc2Br)cc1. The number of esters is 1. The second-order valence-corrected chi connectivity index (χ2v) is 7.31. The molecule has 0 aliphatic rings. The van der Waals surface area contributed by atoms with Crippen molar-refractivity contribution >= 4 is 33.5 Å². The van der Waals surface area contributed by atoms with Gasteiger partial charge in [0.1, 0.15) is 23.7 Å². The average Bonchev–Trinajstić information content (AvgIpc) is 2.79. The van der Waals surface area contributed by atoms with E-state index >= 15 is 0 Å². The van der Waals surface area contributed by atoms with Gasteiger partial charge in [-0.15, -0.1) is 0 Å². The van der Waals surface area contributed by atoms with Crippen molar-refractivity contribution in [3.8, 4) is 11.5 Å². The molecule has 0 atom stereocenters. The number of carbonyl (C=O) groups excluding carboxylic acids is 2. The molecule has 31 heavy (non-hydrogen) atoms. The summed E-state index contributed by atoms with van der Waals surface area (Å²) in [5, 5.41) is 2.68. The minimum atomic E-state index is -0.635. The van der Waals surface area contributed by atoms with E-state index in [9.17, 15) is 9.59 Å². The molecule has 3 aromatic carbocycles. The largest absolute Gasteiger partial charge is 0.494 e. The highest BCUT2D eigenvalue weighted by Crippen LogP contribution is 2.23. The number of anilines is 1. The third-order valence-electron chi connectivity index (χ3n) is 4.23. The van der Waals surface area contributed by atoms with Crippen LogP contribution in [0.15, 0.2) is 77.3 Å². The fourth-order valence-corrected chi connectivity index (χ4v) is 3.14. The molecule has 0 fully saturated rings. The molecule has 0 saturated heterocycles. The summed E-state index contributed by atoms with van der Waals surface area (Å²) in [5.41, 5.74) is 1.78. The molecule has 0 unspecified atom stereocenters. The van der Waals surface area contributed by atoms with Crippen molar-refractivity contribution in [1.82, 2.24) is 0 Å². The lowest BCUT2D eigenvalue weighted by Crippen LogP contribution is -2.21. The third kappa shape index (κ3) is 6.58. The summed E-state index contributed by atoms with van der Waals surface area (Å²) in [6.45, 7) is 2.33. The van der Waals surface area contributed by atoms with Gasteiger partial charge in [-0.1, -0.05) is 46.3 Å². The fraction of sp³-hybridized carbons (Fsp3) is 0.167. The first kappa shape index (κ1) is 22.4.